The lowest BCUT2D eigenvalue weighted by Crippen LogP contribution is -2.25. The number of rotatable bonds is 6. The molecule has 0 atom stereocenters. The number of para-hydroxylation sites is 2. The Bertz CT molecular complexity index is 819. The number of hydrogen-bond acceptors (Lipinski definition) is 3. The number of carbonyl (C=O) groups is 2. The molecule has 0 aromatic heterocycles. The van der Waals surface area contributed by atoms with E-state index in [0.717, 1.165) is 17.9 Å². The number of thioether (sulfide) groups is 1. The number of anilines is 2. The average molecular weight is 369 g/mol. The van der Waals surface area contributed by atoms with Gasteiger partial charge in [-0.2, -0.15) is 0 Å². The maximum Gasteiger partial charge on any atom is 0.227 e. The molecule has 136 valence electrons. The SMILES string of the molecule is Cc1ccc(SCCC(=O)Nc2ccccc2N2CCCC2=O)cc1C. The number of nitrogens with zero attached hydrogens (tertiary/aromatic N) is 1. The van der Waals surface area contributed by atoms with Crippen molar-refractivity contribution in [3.05, 3.63) is 53.6 Å². The monoisotopic (exact) mass is 368 g/mol. The molecule has 1 fully saturated rings. The fourth-order valence-electron chi connectivity index (χ4n) is 3.00. The Hall–Kier alpha value is -2.27. The Morgan fingerprint density at radius 2 is 1.96 bits per heavy atom. The van der Waals surface area contributed by atoms with Crippen LogP contribution in [-0.2, 0) is 9.59 Å². The van der Waals surface area contributed by atoms with Crippen LogP contribution in [0.2, 0.25) is 0 Å². The number of nitrogens with one attached hydrogen (secondary N) is 1. The maximum atomic E-state index is 12.3. The smallest absolute Gasteiger partial charge is 0.227 e. The lowest BCUT2D eigenvalue weighted by molar-refractivity contribution is -0.117. The molecular formula is C21H24N2O2S. The predicted octanol–water partition coefficient (Wildman–Crippen LogP) is 4.55. The first kappa shape index (κ1) is 18.5. The molecule has 0 unspecified atom stereocenters. The minimum atomic E-state index is -0.0274. The molecule has 1 heterocycles. The molecule has 1 N–H and O–H groups in total. The third-order valence-corrected chi connectivity index (χ3v) is 5.61. The molecule has 0 saturated carbocycles. The van der Waals surface area contributed by atoms with Gasteiger partial charge in [-0.1, -0.05) is 18.2 Å². The van der Waals surface area contributed by atoms with Crippen LogP contribution < -0.4 is 10.2 Å². The van der Waals surface area contributed by atoms with Crippen molar-refractivity contribution in [3.63, 3.8) is 0 Å². The fraction of sp³-hybridized carbons (Fsp3) is 0.333. The molecule has 4 nitrogen and oxygen atoms in total. The highest BCUT2D eigenvalue weighted by Gasteiger charge is 2.24. The van der Waals surface area contributed by atoms with Gasteiger partial charge in [0.2, 0.25) is 11.8 Å². The predicted molar refractivity (Wildman–Crippen MR) is 108 cm³/mol. The molecule has 2 aromatic rings. The second-order valence-electron chi connectivity index (χ2n) is 6.56. The summed E-state index contributed by atoms with van der Waals surface area (Å²) in [7, 11) is 0. The van der Waals surface area contributed by atoms with Gasteiger partial charge in [-0.25, -0.2) is 0 Å². The summed E-state index contributed by atoms with van der Waals surface area (Å²) in [4.78, 5) is 27.3. The van der Waals surface area contributed by atoms with Gasteiger partial charge in [-0.05, 0) is 55.7 Å². The van der Waals surface area contributed by atoms with Crippen LogP contribution in [0.5, 0.6) is 0 Å². The topological polar surface area (TPSA) is 49.4 Å². The van der Waals surface area contributed by atoms with Crippen molar-refractivity contribution < 1.29 is 9.59 Å². The molecule has 1 aliphatic heterocycles. The summed E-state index contributed by atoms with van der Waals surface area (Å²) in [5.41, 5.74) is 4.05. The maximum absolute atomic E-state index is 12.3. The first-order chi connectivity index (χ1) is 12.5. The van der Waals surface area contributed by atoms with Crippen LogP contribution in [0.25, 0.3) is 0 Å². The summed E-state index contributed by atoms with van der Waals surface area (Å²) in [5, 5.41) is 2.97. The summed E-state index contributed by atoms with van der Waals surface area (Å²) >= 11 is 1.69. The van der Waals surface area contributed by atoms with Gasteiger partial charge in [-0.3, -0.25) is 9.59 Å². The van der Waals surface area contributed by atoms with E-state index < -0.39 is 0 Å². The number of aryl methyl sites for hydroxylation is 2. The van der Waals surface area contributed by atoms with Crippen molar-refractivity contribution >= 4 is 35.0 Å². The summed E-state index contributed by atoms with van der Waals surface area (Å²) in [6.45, 7) is 4.91. The Labute approximate surface area is 159 Å². The van der Waals surface area contributed by atoms with Gasteiger partial charge in [0.25, 0.3) is 0 Å². The van der Waals surface area contributed by atoms with Crippen LogP contribution in [0.4, 0.5) is 11.4 Å². The zero-order chi connectivity index (χ0) is 18.5. The molecule has 1 saturated heterocycles. The Morgan fingerprint density at radius 3 is 2.69 bits per heavy atom. The molecule has 0 spiro atoms. The van der Waals surface area contributed by atoms with E-state index in [1.54, 1.807) is 16.7 Å². The molecule has 0 radical (unpaired) electrons. The van der Waals surface area contributed by atoms with Gasteiger partial charge in [0.1, 0.15) is 0 Å². The van der Waals surface area contributed by atoms with Crippen LogP contribution in [0.15, 0.2) is 47.4 Å². The van der Waals surface area contributed by atoms with Gasteiger partial charge in [0.15, 0.2) is 0 Å². The van der Waals surface area contributed by atoms with E-state index >= 15 is 0 Å². The largest absolute Gasteiger partial charge is 0.324 e. The highest BCUT2D eigenvalue weighted by Crippen LogP contribution is 2.29. The van der Waals surface area contributed by atoms with Crippen LogP contribution in [0.1, 0.15) is 30.4 Å². The second-order valence-corrected chi connectivity index (χ2v) is 7.73. The highest BCUT2D eigenvalue weighted by atomic mass is 32.2. The summed E-state index contributed by atoms with van der Waals surface area (Å²) in [6, 6.07) is 13.9. The Balaban J connectivity index is 1.57. The van der Waals surface area contributed by atoms with Gasteiger partial charge >= 0.3 is 0 Å². The third-order valence-electron chi connectivity index (χ3n) is 4.62. The van der Waals surface area contributed by atoms with Crippen molar-refractivity contribution in [1.82, 2.24) is 0 Å². The van der Waals surface area contributed by atoms with Gasteiger partial charge in [0, 0.05) is 30.0 Å². The van der Waals surface area contributed by atoms with E-state index in [1.165, 1.54) is 16.0 Å². The molecule has 26 heavy (non-hydrogen) atoms. The highest BCUT2D eigenvalue weighted by molar-refractivity contribution is 7.99. The van der Waals surface area contributed by atoms with Crippen LogP contribution in [0.3, 0.4) is 0 Å². The van der Waals surface area contributed by atoms with Crippen molar-refractivity contribution in [2.45, 2.75) is 38.0 Å². The zero-order valence-corrected chi connectivity index (χ0v) is 16.1. The fourth-order valence-corrected chi connectivity index (χ4v) is 3.94. The number of amides is 2. The summed E-state index contributed by atoms with van der Waals surface area (Å²) < 4.78 is 0. The van der Waals surface area contributed by atoms with Crippen molar-refractivity contribution in [1.29, 1.82) is 0 Å². The summed E-state index contributed by atoms with van der Waals surface area (Å²) in [5.74, 6) is 0.816. The molecule has 2 amide bonds. The third kappa shape index (κ3) is 4.47. The van der Waals surface area contributed by atoms with E-state index in [2.05, 4.69) is 37.4 Å². The van der Waals surface area contributed by atoms with Gasteiger partial charge < -0.3 is 10.2 Å². The zero-order valence-electron chi connectivity index (χ0n) is 15.2. The minimum Gasteiger partial charge on any atom is -0.324 e. The molecular weight excluding hydrogens is 344 g/mol. The lowest BCUT2D eigenvalue weighted by Gasteiger charge is -2.20. The minimum absolute atomic E-state index is 0.0274. The van der Waals surface area contributed by atoms with E-state index in [4.69, 9.17) is 0 Å². The molecule has 1 aliphatic rings. The number of hydrogen-bond donors (Lipinski definition) is 1. The molecule has 0 aliphatic carbocycles. The molecule has 2 aromatic carbocycles. The van der Waals surface area contributed by atoms with Crippen molar-refractivity contribution in [2.24, 2.45) is 0 Å². The Morgan fingerprint density at radius 1 is 1.15 bits per heavy atom. The number of carbonyl (C=O) groups excluding carboxylic acids is 2. The van der Waals surface area contributed by atoms with E-state index in [1.807, 2.05) is 24.3 Å². The lowest BCUT2D eigenvalue weighted by atomic mass is 10.1. The van der Waals surface area contributed by atoms with Crippen molar-refractivity contribution in [2.75, 3.05) is 22.5 Å². The van der Waals surface area contributed by atoms with E-state index in [9.17, 15) is 9.59 Å². The quantitative estimate of drug-likeness (QED) is 0.761. The first-order valence-electron chi connectivity index (χ1n) is 8.94. The van der Waals surface area contributed by atoms with Gasteiger partial charge in [0.05, 0.1) is 11.4 Å². The molecule has 3 rings (SSSR count). The number of benzene rings is 2. The van der Waals surface area contributed by atoms with Crippen LogP contribution in [0, 0.1) is 13.8 Å². The van der Waals surface area contributed by atoms with Crippen LogP contribution in [-0.4, -0.2) is 24.1 Å². The standard InChI is InChI=1S/C21H24N2O2S/c1-15-9-10-17(14-16(15)2)26-13-11-20(24)22-18-6-3-4-7-19(18)23-12-5-8-21(23)25/h3-4,6-7,9-10,14H,5,8,11-13H2,1-2H3,(H,22,24). The van der Waals surface area contributed by atoms with E-state index in [-0.39, 0.29) is 11.8 Å². The van der Waals surface area contributed by atoms with Gasteiger partial charge in [-0.15, -0.1) is 11.8 Å². The summed E-state index contributed by atoms with van der Waals surface area (Å²) in [6.07, 6.45) is 1.88. The molecule has 5 heteroatoms. The van der Waals surface area contributed by atoms with Crippen molar-refractivity contribution in [3.8, 4) is 0 Å². The van der Waals surface area contributed by atoms with Crippen LogP contribution >= 0.6 is 11.8 Å². The average Bonchev–Trinajstić information content (AvgIpc) is 3.04. The first-order valence-corrected chi connectivity index (χ1v) is 9.92. The second kappa shape index (κ2) is 8.41. The normalized spacial score (nSPS) is 13.9. The Kier molecular flexibility index (Phi) is 5.99. The van der Waals surface area contributed by atoms with E-state index in [0.29, 0.717) is 25.1 Å². The molecule has 0 bridgehead atoms.